The molecule has 2 rings (SSSR count). The van der Waals surface area contributed by atoms with Gasteiger partial charge in [-0.15, -0.1) is 0 Å². The summed E-state index contributed by atoms with van der Waals surface area (Å²) in [6, 6.07) is 0.841. The van der Waals surface area contributed by atoms with Crippen LogP contribution in [0.3, 0.4) is 0 Å². The monoisotopic (exact) mass is 329 g/mol. The molecule has 2 aliphatic carbocycles. The fourth-order valence-electron chi connectivity index (χ4n) is 4.41. The van der Waals surface area contributed by atoms with Crippen LogP contribution in [0.4, 0.5) is 0 Å². The van der Waals surface area contributed by atoms with Crippen LogP contribution in [0.5, 0.6) is 0 Å². The number of hydrogen-bond acceptors (Lipinski definition) is 1. The summed E-state index contributed by atoms with van der Waals surface area (Å²) in [5, 5.41) is 1.20. The number of rotatable bonds is 4. The summed E-state index contributed by atoms with van der Waals surface area (Å²) >= 11 is 3.84. The van der Waals surface area contributed by atoms with E-state index in [2.05, 4.69) is 34.8 Å². The van der Waals surface area contributed by atoms with E-state index in [1.54, 1.807) is 0 Å². The first-order chi connectivity index (χ1) is 9.17. The molecular formula is C17H32BrN. The molecule has 0 heterocycles. The molecule has 0 aromatic heterocycles. The van der Waals surface area contributed by atoms with E-state index in [0.717, 1.165) is 12.0 Å². The van der Waals surface area contributed by atoms with Gasteiger partial charge in [-0.3, -0.25) is 0 Å². The van der Waals surface area contributed by atoms with Crippen molar-refractivity contribution >= 4 is 15.9 Å². The average molecular weight is 330 g/mol. The molecule has 0 N–H and O–H groups in total. The molecular weight excluding hydrogens is 298 g/mol. The van der Waals surface area contributed by atoms with Gasteiger partial charge in [0.1, 0.15) is 0 Å². The Morgan fingerprint density at radius 3 is 2.21 bits per heavy atom. The van der Waals surface area contributed by atoms with Crippen LogP contribution in [0.15, 0.2) is 0 Å². The molecule has 2 unspecified atom stereocenters. The lowest BCUT2D eigenvalue weighted by Crippen LogP contribution is -2.45. The van der Waals surface area contributed by atoms with Gasteiger partial charge in [-0.2, -0.15) is 0 Å². The van der Waals surface area contributed by atoms with Gasteiger partial charge in [-0.05, 0) is 44.1 Å². The first-order valence-electron chi connectivity index (χ1n) is 8.43. The maximum Gasteiger partial charge on any atom is 0.0118 e. The van der Waals surface area contributed by atoms with Gasteiger partial charge in [-0.1, -0.05) is 61.4 Å². The van der Waals surface area contributed by atoms with Crippen molar-refractivity contribution in [2.45, 2.75) is 77.2 Å². The Morgan fingerprint density at radius 2 is 1.63 bits per heavy atom. The average Bonchev–Trinajstić information content (AvgIpc) is 2.65. The van der Waals surface area contributed by atoms with E-state index < -0.39 is 0 Å². The van der Waals surface area contributed by atoms with E-state index in [4.69, 9.17) is 0 Å². The van der Waals surface area contributed by atoms with Crippen LogP contribution >= 0.6 is 15.9 Å². The van der Waals surface area contributed by atoms with Crippen LogP contribution in [0.2, 0.25) is 0 Å². The minimum absolute atomic E-state index is 0.558. The first kappa shape index (κ1) is 15.8. The SMILES string of the molecule is CC1CCCCC1N(C)CC1(CBr)CCCCCC1. The number of halogens is 1. The van der Waals surface area contributed by atoms with Crippen molar-refractivity contribution in [3.63, 3.8) is 0 Å². The highest BCUT2D eigenvalue weighted by molar-refractivity contribution is 9.09. The summed E-state index contributed by atoms with van der Waals surface area (Å²) in [6.07, 6.45) is 14.4. The van der Waals surface area contributed by atoms with Crippen molar-refractivity contribution in [2.24, 2.45) is 11.3 Å². The molecule has 2 aliphatic rings. The lowest BCUT2D eigenvalue weighted by Gasteiger charge is -2.42. The van der Waals surface area contributed by atoms with Gasteiger partial charge < -0.3 is 4.90 Å². The molecule has 2 heteroatoms. The second-order valence-electron chi connectivity index (χ2n) is 7.29. The maximum atomic E-state index is 3.84. The zero-order chi connectivity index (χ0) is 13.7. The minimum Gasteiger partial charge on any atom is -0.303 e. The van der Waals surface area contributed by atoms with Crippen molar-refractivity contribution in [2.75, 3.05) is 18.9 Å². The zero-order valence-corrected chi connectivity index (χ0v) is 14.6. The molecule has 0 amide bonds. The largest absolute Gasteiger partial charge is 0.303 e. The summed E-state index contributed by atoms with van der Waals surface area (Å²) in [7, 11) is 2.39. The third kappa shape index (κ3) is 4.20. The van der Waals surface area contributed by atoms with Crippen molar-refractivity contribution in [1.29, 1.82) is 0 Å². The van der Waals surface area contributed by atoms with E-state index in [0.29, 0.717) is 5.41 Å². The van der Waals surface area contributed by atoms with Gasteiger partial charge in [0.2, 0.25) is 0 Å². The quantitative estimate of drug-likeness (QED) is 0.504. The summed E-state index contributed by atoms with van der Waals surface area (Å²) < 4.78 is 0. The van der Waals surface area contributed by atoms with Crippen molar-refractivity contribution < 1.29 is 0 Å². The van der Waals surface area contributed by atoms with Crippen molar-refractivity contribution in [1.82, 2.24) is 4.90 Å². The third-order valence-corrected chi connectivity index (χ3v) is 6.85. The number of hydrogen-bond donors (Lipinski definition) is 0. The smallest absolute Gasteiger partial charge is 0.0118 e. The van der Waals surface area contributed by atoms with Gasteiger partial charge in [0.25, 0.3) is 0 Å². The zero-order valence-electron chi connectivity index (χ0n) is 13.0. The molecule has 0 aromatic carbocycles. The normalized spacial score (nSPS) is 32.2. The molecule has 0 aromatic rings. The second kappa shape index (κ2) is 7.45. The number of alkyl halides is 1. The van der Waals surface area contributed by atoms with Gasteiger partial charge in [0, 0.05) is 17.9 Å². The fourth-order valence-corrected chi connectivity index (χ4v) is 5.15. The molecule has 0 spiro atoms. The van der Waals surface area contributed by atoms with Gasteiger partial charge in [0.05, 0.1) is 0 Å². The van der Waals surface area contributed by atoms with Crippen LogP contribution in [0.1, 0.15) is 71.1 Å². The fraction of sp³-hybridized carbons (Fsp3) is 1.00. The van der Waals surface area contributed by atoms with Gasteiger partial charge >= 0.3 is 0 Å². The summed E-state index contributed by atoms with van der Waals surface area (Å²) in [5.74, 6) is 0.900. The van der Waals surface area contributed by atoms with Crippen LogP contribution < -0.4 is 0 Å². The highest BCUT2D eigenvalue weighted by Gasteiger charge is 2.34. The molecule has 2 saturated carbocycles. The molecule has 2 atom stereocenters. The number of nitrogens with zero attached hydrogens (tertiary/aromatic N) is 1. The lowest BCUT2D eigenvalue weighted by molar-refractivity contribution is 0.0855. The van der Waals surface area contributed by atoms with E-state index in [-0.39, 0.29) is 0 Å². The van der Waals surface area contributed by atoms with E-state index >= 15 is 0 Å². The standard InChI is InChI=1S/C17H32BrN/c1-15-9-5-6-10-16(15)19(2)14-17(13-18)11-7-3-4-8-12-17/h15-16H,3-14H2,1-2H3. The molecule has 0 radical (unpaired) electrons. The molecule has 2 fully saturated rings. The van der Waals surface area contributed by atoms with Crippen LogP contribution in [0, 0.1) is 11.3 Å². The first-order valence-corrected chi connectivity index (χ1v) is 9.55. The summed E-state index contributed by atoms with van der Waals surface area (Å²) in [6.45, 7) is 3.78. The van der Waals surface area contributed by atoms with Crippen molar-refractivity contribution in [3.8, 4) is 0 Å². The molecule has 19 heavy (non-hydrogen) atoms. The van der Waals surface area contributed by atoms with E-state index in [1.165, 1.54) is 76.1 Å². The van der Waals surface area contributed by atoms with Gasteiger partial charge in [0.15, 0.2) is 0 Å². The highest BCUT2D eigenvalue weighted by Crippen LogP contribution is 2.39. The van der Waals surface area contributed by atoms with E-state index in [9.17, 15) is 0 Å². The van der Waals surface area contributed by atoms with Gasteiger partial charge in [-0.25, -0.2) is 0 Å². The molecule has 112 valence electrons. The Morgan fingerprint density at radius 1 is 1.00 bits per heavy atom. The Balaban J connectivity index is 1.95. The molecule has 1 nitrogen and oxygen atoms in total. The Labute approximate surface area is 128 Å². The lowest BCUT2D eigenvalue weighted by atomic mass is 9.79. The Kier molecular flexibility index (Phi) is 6.20. The predicted octanol–water partition coefficient (Wildman–Crippen LogP) is 5.23. The van der Waals surface area contributed by atoms with Crippen LogP contribution in [-0.2, 0) is 0 Å². The third-order valence-electron chi connectivity index (χ3n) is 5.66. The minimum atomic E-state index is 0.558. The predicted molar refractivity (Wildman–Crippen MR) is 88.0 cm³/mol. The topological polar surface area (TPSA) is 3.24 Å². The van der Waals surface area contributed by atoms with Crippen molar-refractivity contribution in [3.05, 3.63) is 0 Å². The Hall–Kier alpha value is 0.440. The Bertz CT molecular complexity index is 258. The molecule has 0 bridgehead atoms. The second-order valence-corrected chi connectivity index (χ2v) is 7.85. The van der Waals surface area contributed by atoms with E-state index in [1.807, 2.05) is 0 Å². The maximum absolute atomic E-state index is 3.84. The van der Waals surface area contributed by atoms with Crippen LogP contribution in [-0.4, -0.2) is 29.9 Å². The highest BCUT2D eigenvalue weighted by atomic mass is 79.9. The summed E-state index contributed by atoms with van der Waals surface area (Å²) in [5.41, 5.74) is 0.558. The molecule has 0 saturated heterocycles. The summed E-state index contributed by atoms with van der Waals surface area (Å²) in [4.78, 5) is 2.72. The van der Waals surface area contributed by atoms with Crippen LogP contribution in [0.25, 0.3) is 0 Å². The molecule has 0 aliphatic heterocycles.